The summed E-state index contributed by atoms with van der Waals surface area (Å²) in [5, 5.41) is 18.3. The predicted octanol–water partition coefficient (Wildman–Crippen LogP) is 1.27. The van der Waals surface area contributed by atoms with Crippen molar-refractivity contribution < 1.29 is 14.4 Å². The number of piperidine rings is 1. The van der Waals surface area contributed by atoms with Crippen molar-refractivity contribution in [2.24, 2.45) is 0 Å². The van der Waals surface area contributed by atoms with Crippen molar-refractivity contribution in [2.45, 2.75) is 45.2 Å². The lowest BCUT2D eigenvalue weighted by molar-refractivity contribution is 0.136. The molecule has 3 nitrogen and oxygen atoms in total. The van der Waals surface area contributed by atoms with Crippen LogP contribution in [0.25, 0.3) is 0 Å². The van der Waals surface area contributed by atoms with Crippen LogP contribution in [0.2, 0.25) is 0 Å². The Morgan fingerprint density at radius 2 is 2.11 bits per heavy atom. The first-order valence-electron chi connectivity index (χ1n) is 6.99. The van der Waals surface area contributed by atoms with E-state index in [4.69, 9.17) is 10.0 Å². The summed E-state index contributed by atoms with van der Waals surface area (Å²) >= 11 is 0. The van der Waals surface area contributed by atoms with E-state index >= 15 is 0 Å². The first kappa shape index (κ1) is 14.5. The lowest BCUT2D eigenvalue weighted by Gasteiger charge is -2.35. The van der Waals surface area contributed by atoms with Crippen molar-refractivity contribution >= 4 is 12.6 Å². The van der Waals surface area contributed by atoms with Crippen molar-refractivity contribution in [2.75, 3.05) is 6.54 Å². The molecule has 1 atom stereocenters. The van der Waals surface area contributed by atoms with Crippen LogP contribution in [0.4, 0.5) is 4.39 Å². The Morgan fingerprint density at radius 3 is 2.79 bits per heavy atom. The molecule has 1 saturated heterocycles. The fraction of sp³-hybridized carbons (Fsp3) is 0.571. The molecule has 0 aromatic heterocycles. The zero-order valence-corrected chi connectivity index (χ0v) is 11.3. The molecule has 1 aromatic carbocycles. The van der Waals surface area contributed by atoms with Gasteiger partial charge in [-0.15, -0.1) is 0 Å². The molecule has 104 valence electrons. The van der Waals surface area contributed by atoms with Gasteiger partial charge in [-0.05, 0) is 49.0 Å². The normalized spacial score (nSPS) is 20.5. The van der Waals surface area contributed by atoms with E-state index in [1.165, 1.54) is 31.4 Å². The van der Waals surface area contributed by atoms with E-state index in [0.29, 0.717) is 12.6 Å². The van der Waals surface area contributed by atoms with Crippen molar-refractivity contribution in [1.82, 2.24) is 4.90 Å². The molecule has 19 heavy (non-hydrogen) atoms. The molecule has 0 bridgehead atoms. The van der Waals surface area contributed by atoms with Crippen LogP contribution in [-0.2, 0) is 6.54 Å². The van der Waals surface area contributed by atoms with Gasteiger partial charge in [-0.3, -0.25) is 4.90 Å². The van der Waals surface area contributed by atoms with Gasteiger partial charge in [0.1, 0.15) is 5.82 Å². The minimum absolute atomic E-state index is 0.222. The third kappa shape index (κ3) is 3.78. The lowest BCUT2D eigenvalue weighted by atomic mass is 9.79. The first-order valence-corrected chi connectivity index (χ1v) is 6.99. The molecule has 1 aliphatic heterocycles. The zero-order chi connectivity index (χ0) is 13.8. The van der Waals surface area contributed by atoms with E-state index in [2.05, 4.69) is 11.8 Å². The van der Waals surface area contributed by atoms with Gasteiger partial charge in [0, 0.05) is 12.6 Å². The average molecular weight is 265 g/mol. The van der Waals surface area contributed by atoms with Crippen LogP contribution in [0.1, 0.15) is 38.2 Å². The molecule has 1 aliphatic rings. The highest BCUT2D eigenvalue weighted by atomic mass is 19.1. The third-order valence-corrected chi connectivity index (χ3v) is 3.88. The van der Waals surface area contributed by atoms with Gasteiger partial charge < -0.3 is 10.0 Å². The lowest BCUT2D eigenvalue weighted by Crippen LogP contribution is -2.39. The predicted molar refractivity (Wildman–Crippen MR) is 74.6 cm³/mol. The van der Waals surface area contributed by atoms with Crippen molar-refractivity contribution in [3.05, 3.63) is 29.6 Å². The van der Waals surface area contributed by atoms with Crippen molar-refractivity contribution in [3.63, 3.8) is 0 Å². The van der Waals surface area contributed by atoms with E-state index in [0.717, 1.165) is 18.5 Å². The second-order valence-corrected chi connectivity index (χ2v) is 5.29. The molecule has 2 N–H and O–H groups in total. The third-order valence-electron chi connectivity index (χ3n) is 3.88. The van der Waals surface area contributed by atoms with Crippen LogP contribution in [0, 0.1) is 5.82 Å². The average Bonchev–Trinajstić information content (AvgIpc) is 2.38. The van der Waals surface area contributed by atoms with Gasteiger partial charge in [0.05, 0.1) is 0 Å². The molecule has 0 aliphatic carbocycles. The Bertz CT molecular complexity index is 428. The highest BCUT2D eigenvalue weighted by molar-refractivity contribution is 6.58. The molecule has 1 fully saturated rings. The fourth-order valence-electron chi connectivity index (χ4n) is 2.88. The number of hydrogen-bond donors (Lipinski definition) is 2. The monoisotopic (exact) mass is 265 g/mol. The Balaban J connectivity index is 2.13. The van der Waals surface area contributed by atoms with Crippen LogP contribution in [0.15, 0.2) is 18.2 Å². The maximum atomic E-state index is 13.5. The Hall–Kier alpha value is -0.905. The Labute approximate surface area is 114 Å². The second kappa shape index (κ2) is 6.50. The van der Waals surface area contributed by atoms with E-state index in [1.54, 1.807) is 6.07 Å². The van der Waals surface area contributed by atoms with E-state index < -0.39 is 12.9 Å². The van der Waals surface area contributed by atoms with Gasteiger partial charge in [-0.25, -0.2) is 4.39 Å². The molecule has 1 heterocycles. The van der Waals surface area contributed by atoms with Crippen molar-refractivity contribution in [1.29, 1.82) is 0 Å². The molecular weight excluding hydrogens is 244 g/mol. The summed E-state index contributed by atoms with van der Waals surface area (Å²) in [6.07, 6.45) is 4.74. The number of benzene rings is 1. The zero-order valence-electron chi connectivity index (χ0n) is 11.3. The summed E-state index contributed by atoms with van der Waals surface area (Å²) in [5.41, 5.74) is 1.03. The highest BCUT2D eigenvalue weighted by Gasteiger charge is 2.21. The number of halogens is 1. The first-order chi connectivity index (χ1) is 9.10. The molecule has 0 amide bonds. The van der Waals surface area contributed by atoms with Crippen LogP contribution in [-0.4, -0.2) is 34.7 Å². The summed E-state index contributed by atoms with van der Waals surface area (Å²) in [6.45, 7) is 3.89. The number of likely N-dealkylation sites (tertiary alicyclic amines) is 1. The molecule has 0 saturated carbocycles. The van der Waals surface area contributed by atoms with Crippen LogP contribution in [0.5, 0.6) is 0 Å². The minimum Gasteiger partial charge on any atom is -0.423 e. The standard InChI is InChI=1S/C14H21BFNO2/c1-2-14-5-3-4-6-17(14)10-11-7-12(15(18)19)9-13(16)8-11/h7-9,14,18-19H,2-6,10H2,1H3. The fourth-order valence-corrected chi connectivity index (χ4v) is 2.88. The van der Waals surface area contributed by atoms with Gasteiger partial charge in [0.2, 0.25) is 0 Å². The van der Waals surface area contributed by atoms with Gasteiger partial charge in [0.15, 0.2) is 0 Å². The van der Waals surface area contributed by atoms with Crippen molar-refractivity contribution in [3.8, 4) is 0 Å². The molecule has 0 radical (unpaired) electrons. The molecule has 1 unspecified atom stereocenters. The topological polar surface area (TPSA) is 43.7 Å². The quantitative estimate of drug-likeness (QED) is 0.806. The summed E-state index contributed by atoms with van der Waals surface area (Å²) < 4.78 is 13.5. The second-order valence-electron chi connectivity index (χ2n) is 5.29. The van der Waals surface area contributed by atoms with E-state index in [-0.39, 0.29) is 5.46 Å². The van der Waals surface area contributed by atoms with Crippen LogP contribution >= 0.6 is 0 Å². The van der Waals surface area contributed by atoms with Crippen LogP contribution in [0.3, 0.4) is 0 Å². The van der Waals surface area contributed by atoms with Crippen LogP contribution < -0.4 is 5.46 Å². The molecular formula is C14H21BFNO2. The maximum absolute atomic E-state index is 13.5. The summed E-state index contributed by atoms with van der Waals surface area (Å²) in [4.78, 5) is 2.37. The Kier molecular flexibility index (Phi) is 4.96. The number of rotatable bonds is 4. The Morgan fingerprint density at radius 1 is 1.32 bits per heavy atom. The summed E-state index contributed by atoms with van der Waals surface area (Å²) in [7, 11) is -1.61. The molecule has 0 spiro atoms. The molecule has 5 heteroatoms. The minimum atomic E-state index is -1.61. The smallest absolute Gasteiger partial charge is 0.423 e. The van der Waals surface area contributed by atoms with E-state index in [1.807, 2.05) is 0 Å². The van der Waals surface area contributed by atoms with Gasteiger partial charge >= 0.3 is 7.12 Å². The van der Waals surface area contributed by atoms with E-state index in [9.17, 15) is 4.39 Å². The summed E-state index contributed by atoms with van der Waals surface area (Å²) in [6, 6.07) is 4.88. The maximum Gasteiger partial charge on any atom is 0.488 e. The van der Waals surface area contributed by atoms with Gasteiger partial charge in [0.25, 0.3) is 0 Å². The summed E-state index contributed by atoms with van der Waals surface area (Å²) in [5.74, 6) is -0.411. The molecule has 1 aromatic rings. The molecule has 2 rings (SSSR count). The number of hydrogen-bond acceptors (Lipinski definition) is 3. The SMILES string of the molecule is CCC1CCCCN1Cc1cc(F)cc(B(O)O)c1. The van der Waals surface area contributed by atoms with Gasteiger partial charge in [-0.2, -0.15) is 0 Å². The number of nitrogens with zero attached hydrogens (tertiary/aromatic N) is 1. The van der Waals surface area contributed by atoms with Gasteiger partial charge in [-0.1, -0.05) is 19.4 Å². The highest BCUT2D eigenvalue weighted by Crippen LogP contribution is 2.21. The largest absolute Gasteiger partial charge is 0.488 e.